The highest BCUT2D eigenvalue weighted by Gasteiger charge is 2.43. The summed E-state index contributed by atoms with van der Waals surface area (Å²) in [6, 6.07) is 15.8. The van der Waals surface area contributed by atoms with Crippen LogP contribution in [0.5, 0.6) is 0 Å². The molecule has 1 aliphatic rings. The van der Waals surface area contributed by atoms with E-state index in [1.165, 1.54) is 5.56 Å². The third-order valence-electron chi connectivity index (χ3n) is 3.99. The lowest BCUT2D eigenvalue weighted by Crippen LogP contribution is -2.15. The van der Waals surface area contributed by atoms with E-state index >= 15 is 0 Å². The van der Waals surface area contributed by atoms with E-state index in [1.54, 1.807) is 0 Å². The zero-order chi connectivity index (χ0) is 14.1. The Morgan fingerprint density at radius 3 is 2.65 bits per heavy atom. The Morgan fingerprint density at radius 1 is 1.15 bits per heavy atom. The number of nitrogens with one attached hydrogen (secondary N) is 1. The van der Waals surface area contributed by atoms with Gasteiger partial charge < -0.3 is 11.1 Å². The van der Waals surface area contributed by atoms with Gasteiger partial charge in [-0.15, -0.1) is 0 Å². The fraction of sp³-hybridized carbons (Fsp3) is 0.235. The normalized spacial score (nSPS) is 20.4. The molecule has 0 bridgehead atoms. The highest BCUT2D eigenvalue weighted by molar-refractivity contribution is 5.96. The van der Waals surface area contributed by atoms with Crippen LogP contribution >= 0.6 is 0 Å². The van der Waals surface area contributed by atoms with E-state index in [-0.39, 0.29) is 11.8 Å². The van der Waals surface area contributed by atoms with E-state index in [2.05, 4.69) is 17.4 Å². The first-order valence-corrected chi connectivity index (χ1v) is 6.87. The standard InChI is InChI=1S/C17H18N2O/c1-11-15(18)8-5-9-16(11)19-17(20)14-10-13(14)12-6-3-2-4-7-12/h2-9,13-14H,10,18H2,1H3,(H,19,20). The molecule has 2 aromatic carbocycles. The van der Waals surface area contributed by atoms with Crippen LogP contribution in [0, 0.1) is 12.8 Å². The van der Waals surface area contributed by atoms with Crippen molar-refractivity contribution >= 4 is 17.3 Å². The van der Waals surface area contributed by atoms with Crippen LogP contribution in [0.2, 0.25) is 0 Å². The monoisotopic (exact) mass is 266 g/mol. The maximum Gasteiger partial charge on any atom is 0.228 e. The minimum atomic E-state index is 0.0817. The molecule has 0 radical (unpaired) electrons. The van der Waals surface area contributed by atoms with Crippen molar-refractivity contribution in [2.75, 3.05) is 11.1 Å². The van der Waals surface area contributed by atoms with E-state index in [1.807, 2.05) is 43.3 Å². The lowest BCUT2D eigenvalue weighted by atomic mass is 10.1. The fourth-order valence-electron chi connectivity index (χ4n) is 2.57. The van der Waals surface area contributed by atoms with E-state index in [4.69, 9.17) is 5.73 Å². The molecule has 1 saturated carbocycles. The van der Waals surface area contributed by atoms with Gasteiger partial charge in [0.15, 0.2) is 0 Å². The Labute approximate surface area is 118 Å². The van der Waals surface area contributed by atoms with Gasteiger partial charge in [-0.2, -0.15) is 0 Å². The predicted molar refractivity (Wildman–Crippen MR) is 81.5 cm³/mol. The first-order valence-electron chi connectivity index (χ1n) is 6.87. The number of hydrogen-bond donors (Lipinski definition) is 2. The third kappa shape index (κ3) is 2.39. The molecule has 20 heavy (non-hydrogen) atoms. The number of benzene rings is 2. The predicted octanol–water partition coefficient (Wildman–Crippen LogP) is 3.32. The van der Waals surface area contributed by atoms with Gasteiger partial charge in [0.1, 0.15) is 0 Å². The maximum absolute atomic E-state index is 12.3. The summed E-state index contributed by atoms with van der Waals surface area (Å²) in [6.07, 6.45) is 0.928. The smallest absolute Gasteiger partial charge is 0.228 e. The van der Waals surface area contributed by atoms with E-state index in [0.717, 1.165) is 17.7 Å². The Kier molecular flexibility index (Phi) is 3.18. The Morgan fingerprint density at radius 2 is 1.90 bits per heavy atom. The fourth-order valence-corrected chi connectivity index (χ4v) is 2.57. The van der Waals surface area contributed by atoms with E-state index in [0.29, 0.717) is 11.6 Å². The van der Waals surface area contributed by atoms with E-state index in [9.17, 15) is 4.79 Å². The van der Waals surface area contributed by atoms with Crippen molar-refractivity contribution < 1.29 is 4.79 Å². The number of carbonyl (C=O) groups is 1. The molecule has 1 aliphatic carbocycles. The average Bonchev–Trinajstić information content (AvgIpc) is 3.25. The second kappa shape index (κ2) is 5.00. The van der Waals surface area contributed by atoms with Gasteiger partial charge in [-0.3, -0.25) is 4.79 Å². The summed E-state index contributed by atoms with van der Waals surface area (Å²) in [5, 5.41) is 2.99. The second-order valence-corrected chi connectivity index (χ2v) is 5.37. The van der Waals surface area contributed by atoms with E-state index < -0.39 is 0 Å². The molecule has 1 fully saturated rings. The maximum atomic E-state index is 12.3. The SMILES string of the molecule is Cc1c(N)cccc1NC(=O)C1CC1c1ccccc1. The van der Waals surface area contributed by atoms with Gasteiger partial charge in [-0.1, -0.05) is 36.4 Å². The molecule has 102 valence electrons. The Balaban J connectivity index is 1.69. The minimum absolute atomic E-state index is 0.0817. The number of carbonyl (C=O) groups excluding carboxylic acids is 1. The van der Waals surface area contributed by atoms with Gasteiger partial charge >= 0.3 is 0 Å². The van der Waals surface area contributed by atoms with Crippen molar-refractivity contribution in [1.82, 2.24) is 0 Å². The van der Waals surface area contributed by atoms with Gasteiger partial charge in [0.05, 0.1) is 0 Å². The highest BCUT2D eigenvalue weighted by atomic mass is 16.2. The van der Waals surface area contributed by atoms with Gasteiger partial charge in [-0.25, -0.2) is 0 Å². The average molecular weight is 266 g/mol. The summed E-state index contributed by atoms with van der Waals surface area (Å²) in [5.74, 6) is 0.531. The molecule has 2 aromatic rings. The molecule has 0 aromatic heterocycles. The highest BCUT2D eigenvalue weighted by Crippen LogP contribution is 2.48. The number of nitrogens with two attached hydrogens (primary N) is 1. The van der Waals surface area contributed by atoms with Crippen molar-refractivity contribution in [3.63, 3.8) is 0 Å². The van der Waals surface area contributed by atoms with Crippen LogP contribution in [0.3, 0.4) is 0 Å². The molecule has 0 heterocycles. The van der Waals surface area contributed by atoms with Gasteiger partial charge in [0, 0.05) is 17.3 Å². The minimum Gasteiger partial charge on any atom is -0.398 e. The number of nitrogen functional groups attached to an aromatic ring is 1. The van der Waals surface area contributed by atoms with Gasteiger partial charge in [0.2, 0.25) is 5.91 Å². The molecule has 0 saturated heterocycles. The molecule has 3 rings (SSSR count). The molecule has 2 unspecified atom stereocenters. The molecule has 2 atom stereocenters. The van der Waals surface area contributed by atoms with Crippen LogP contribution in [0.4, 0.5) is 11.4 Å². The van der Waals surface area contributed by atoms with Gasteiger partial charge in [-0.05, 0) is 42.5 Å². The zero-order valence-electron chi connectivity index (χ0n) is 11.5. The zero-order valence-corrected chi connectivity index (χ0v) is 11.5. The van der Waals surface area contributed by atoms with Crippen LogP contribution in [0.1, 0.15) is 23.5 Å². The van der Waals surface area contributed by atoms with Gasteiger partial charge in [0.25, 0.3) is 0 Å². The van der Waals surface area contributed by atoms with Crippen molar-refractivity contribution in [3.8, 4) is 0 Å². The number of rotatable bonds is 3. The van der Waals surface area contributed by atoms with Crippen molar-refractivity contribution in [1.29, 1.82) is 0 Å². The number of hydrogen-bond acceptors (Lipinski definition) is 2. The first-order chi connectivity index (χ1) is 9.66. The Hall–Kier alpha value is -2.29. The topological polar surface area (TPSA) is 55.1 Å². The summed E-state index contributed by atoms with van der Waals surface area (Å²) in [5.41, 5.74) is 9.55. The molecule has 0 spiro atoms. The molecular weight excluding hydrogens is 248 g/mol. The van der Waals surface area contributed by atoms with Crippen LogP contribution in [-0.2, 0) is 4.79 Å². The summed E-state index contributed by atoms with van der Waals surface area (Å²) in [4.78, 5) is 12.3. The lowest BCUT2D eigenvalue weighted by molar-refractivity contribution is -0.117. The summed E-state index contributed by atoms with van der Waals surface area (Å²) in [7, 11) is 0. The molecule has 3 N–H and O–H groups in total. The first kappa shape index (κ1) is 12.7. The van der Waals surface area contributed by atoms with Crippen LogP contribution < -0.4 is 11.1 Å². The lowest BCUT2D eigenvalue weighted by Gasteiger charge is -2.10. The largest absolute Gasteiger partial charge is 0.398 e. The van der Waals surface area contributed by atoms with Crippen molar-refractivity contribution in [3.05, 3.63) is 59.7 Å². The summed E-state index contributed by atoms with van der Waals surface area (Å²) in [6.45, 7) is 1.92. The number of anilines is 2. The summed E-state index contributed by atoms with van der Waals surface area (Å²) < 4.78 is 0. The molecule has 3 heteroatoms. The quantitative estimate of drug-likeness (QED) is 0.837. The number of amides is 1. The van der Waals surface area contributed by atoms with Crippen molar-refractivity contribution in [2.45, 2.75) is 19.3 Å². The third-order valence-corrected chi connectivity index (χ3v) is 3.99. The molecular formula is C17H18N2O. The van der Waals surface area contributed by atoms with Crippen LogP contribution in [-0.4, -0.2) is 5.91 Å². The van der Waals surface area contributed by atoms with Crippen LogP contribution in [0.15, 0.2) is 48.5 Å². The van der Waals surface area contributed by atoms with Crippen LogP contribution in [0.25, 0.3) is 0 Å². The Bertz CT molecular complexity index is 637. The summed E-state index contributed by atoms with van der Waals surface area (Å²) >= 11 is 0. The molecule has 3 nitrogen and oxygen atoms in total. The van der Waals surface area contributed by atoms with Crippen molar-refractivity contribution in [2.24, 2.45) is 5.92 Å². The molecule has 0 aliphatic heterocycles. The second-order valence-electron chi connectivity index (χ2n) is 5.37. The molecule has 1 amide bonds.